The zero-order chi connectivity index (χ0) is 9.97. The van der Waals surface area contributed by atoms with Gasteiger partial charge in [0.2, 0.25) is 5.91 Å². The van der Waals surface area contributed by atoms with Crippen LogP contribution in [0.15, 0.2) is 34.9 Å². The lowest BCUT2D eigenvalue weighted by Crippen LogP contribution is -2.21. The van der Waals surface area contributed by atoms with Crippen molar-refractivity contribution in [1.29, 1.82) is 0 Å². The highest BCUT2D eigenvalue weighted by molar-refractivity contribution is 6.01. The second kappa shape index (κ2) is 3.51. The number of anilines is 1. The van der Waals surface area contributed by atoms with Gasteiger partial charge in [-0.2, -0.15) is 0 Å². The van der Waals surface area contributed by atoms with Gasteiger partial charge < -0.3 is 15.5 Å². The second-order valence-corrected chi connectivity index (χ2v) is 2.90. The lowest BCUT2D eigenvalue weighted by atomic mass is 10.2. The van der Waals surface area contributed by atoms with Crippen LogP contribution < -0.4 is 11.1 Å². The van der Waals surface area contributed by atoms with Crippen LogP contribution >= 0.6 is 0 Å². The Morgan fingerprint density at radius 2 is 2.21 bits per heavy atom. The van der Waals surface area contributed by atoms with E-state index in [2.05, 4.69) is 5.32 Å². The molecule has 0 unspecified atom stereocenters. The average molecular weight is 190 g/mol. The van der Waals surface area contributed by atoms with Gasteiger partial charge in [0.05, 0.1) is 12.2 Å². The molecule has 2 rings (SSSR count). The minimum absolute atomic E-state index is 0.0283. The highest BCUT2D eigenvalue weighted by Crippen LogP contribution is 2.24. The molecule has 3 N–H and O–H groups in total. The van der Waals surface area contributed by atoms with E-state index in [-0.39, 0.29) is 12.5 Å². The summed E-state index contributed by atoms with van der Waals surface area (Å²) in [5, 5.41) is 3.54. The summed E-state index contributed by atoms with van der Waals surface area (Å²) in [6.45, 7) is -0.0283. The fourth-order valence-corrected chi connectivity index (χ4v) is 1.28. The number of nitrogens with two attached hydrogens (primary N) is 1. The monoisotopic (exact) mass is 190 g/mol. The third-order valence-corrected chi connectivity index (χ3v) is 1.94. The molecule has 0 aliphatic carbocycles. The van der Waals surface area contributed by atoms with Gasteiger partial charge in [0, 0.05) is 5.39 Å². The van der Waals surface area contributed by atoms with Crippen molar-refractivity contribution in [3.05, 3.63) is 30.5 Å². The Bertz CT molecular complexity index is 462. The Hall–Kier alpha value is -1.81. The van der Waals surface area contributed by atoms with Crippen LogP contribution in [-0.2, 0) is 4.79 Å². The molecular weight excluding hydrogens is 180 g/mol. The predicted octanol–water partition coefficient (Wildman–Crippen LogP) is 1.33. The molecule has 0 aliphatic rings. The van der Waals surface area contributed by atoms with Crippen LogP contribution in [0.1, 0.15) is 0 Å². The number of fused-ring (bicyclic) bond motifs is 1. The first-order valence-electron chi connectivity index (χ1n) is 4.27. The van der Waals surface area contributed by atoms with Gasteiger partial charge in [-0.15, -0.1) is 0 Å². The Labute approximate surface area is 80.7 Å². The Morgan fingerprint density at radius 1 is 1.43 bits per heavy atom. The van der Waals surface area contributed by atoms with Crippen molar-refractivity contribution in [1.82, 2.24) is 0 Å². The Kier molecular flexibility index (Phi) is 2.20. The number of carbonyl (C=O) groups excluding carboxylic acids is 1. The van der Waals surface area contributed by atoms with E-state index in [1.165, 1.54) is 6.26 Å². The second-order valence-electron chi connectivity index (χ2n) is 2.90. The van der Waals surface area contributed by atoms with Crippen LogP contribution in [0.5, 0.6) is 0 Å². The van der Waals surface area contributed by atoms with Gasteiger partial charge in [0.15, 0.2) is 0 Å². The molecule has 0 fully saturated rings. The van der Waals surface area contributed by atoms with Crippen LogP contribution in [0.2, 0.25) is 0 Å². The molecule has 0 bridgehead atoms. The summed E-state index contributed by atoms with van der Waals surface area (Å²) in [5.74, 6) is -0.225. The van der Waals surface area contributed by atoms with Gasteiger partial charge in [0.25, 0.3) is 0 Å². The van der Waals surface area contributed by atoms with Crippen molar-refractivity contribution in [2.75, 3.05) is 11.9 Å². The molecule has 1 aromatic heterocycles. The quantitative estimate of drug-likeness (QED) is 0.750. The van der Waals surface area contributed by atoms with Crippen molar-refractivity contribution in [3.63, 3.8) is 0 Å². The van der Waals surface area contributed by atoms with Gasteiger partial charge in [0.1, 0.15) is 11.8 Å². The molecule has 0 aliphatic heterocycles. The molecule has 4 nitrogen and oxygen atoms in total. The van der Waals surface area contributed by atoms with E-state index in [4.69, 9.17) is 10.2 Å². The first kappa shape index (κ1) is 8.77. The summed E-state index contributed by atoms with van der Waals surface area (Å²) in [5.41, 5.74) is 6.60. The minimum Gasteiger partial charge on any atom is -0.462 e. The van der Waals surface area contributed by atoms with Crippen molar-refractivity contribution in [3.8, 4) is 0 Å². The fraction of sp³-hybridized carbons (Fsp3) is 0.100. The Balaban J connectivity index is 2.38. The highest BCUT2D eigenvalue weighted by Gasteiger charge is 2.06. The molecule has 0 radical (unpaired) electrons. The number of hydrogen-bond donors (Lipinski definition) is 2. The topological polar surface area (TPSA) is 68.3 Å². The Morgan fingerprint density at radius 3 is 3.00 bits per heavy atom. The van der Waals surface area contributed by atoms with Gasteiger partial charge in [-0.25, -0.2) is 0 Å². The predicted molar refractivity (Wildman–Crippen MR) is 53.9 cm³/mol. The maximum atomic E-state index is 11.0. The smallest absolute Gasteiger partial charge is 0.238 e. The van der Waals surface area contributed by atoms with E-state index in [0.717, 1.165) is 11.0 Å². The highest BCUT2D eigenvalue weighted by atomic mass is 16.3. The summed E-state index contributed by atoms with van der Waals surface area (Å²) in [6, 6.07) is 7.48. The molecule has 0 saturated heterocycles. The van der Waals surface area contributed by atoms with Crippen molar-refractivity contribution in [2.24, 2.45) is 5.73 Å². The summed E-state index contributed by atoms with van der Waals surface area (Å²) in [6.07, 6.45) is 1.51. The van der Waals surface area contributed by atoms with E-state index in [9.17, 15) is 4.79 Å². The number of para-hydroxylation sites is 1. The first-order chi connectivity index (χ1) is 6.81. The number of hydrogen-bond acceptors (Lipinski definition) is 3. The summed E-state index contributed by atoms with van der Waals surface area (Å²) in [7, 11) is 0. The van der Waals surface area contributed by atoms with Crippen molar-refractivity contribution in [2.45, 2.75) is 0 Å². The van der Waals surface area contributed by atoms with Gasteiger partial charge in [-0.05, 0) is 12.1 Å². The van der Waals surface area contributed by atoms with E-state index in [1.807, 2.05) is 24.3 Å². The summed E-state index contributed by atoms with van der Waals surface area (Å²) >= 11 is 0. The van der Waals surface area contributed by atoms with Crippen molar-refractivity contribution < 1.29 is 9.21 Å². The molecule has 1 heterocycles. The lowest BCUT2D eigenvalue weighted by Gasteiger charge is -1.98. The minimum atomic E-state index is -0.225. The largest absolute Gasteiger partial charge is 0.462 e. The van der Waals surface area contributed by atoms with Crippen molar-refractivity contribution >= 4 is 22.6 Å². The number of amides is 1. The lowest BCUT2D eigenvalue weighted by molar-refractivity contribution is -0.114. The standard InChI is InChI=1S/C10H10N2O2/c11-5-10(13)12-8-6-14-9-4-2-1-3-7(8)9/h1-4,6H,5,11H2,(H,12,13). The fourth-order valence-electron chi connectivity index (χ4n) is 1.28. The number of furan rings is 1. The number of carbonyl (C=O) groups is 1. The molecule has 1 aromatic carbocycles. The van der Waals surface area contributed by atoms with Crippen LogP contribution in [0.4, 0.5) is 5.69 Å². The van der Waals surface area contributed by atoms with Gasteiger partial charge in [-0.3, -0.25) is 4.79 Å². The maximum Gasteiger partial charge on any atom is 0.238 e. The van der Waals surface area contributed by atoms with Crippen LogP contribution in [0.3, 0.4) is 0 Å². The number of rotatable bonds is 2. The third kappa shape index (κ3) is 1.47. The van der Waals surface area contributed by atoms with E-state index >= 15 is 0 Å². The van der Waals surface area contributed by atoms with Crippen LogP contribution in [0.25, 0.3) is 11.0 Å². The van der Waals surface area contributed by atoms with Crippen LogP contribution in [-0.4, -0.2) is 12.5 Å². The summed E-state index contributed by atoms with van der Waals surface area (Å²) in [4.78, 5) is 11.0. The SMILES string of the molecule is NCC(=O)Nc1coc2ccccc12. The number of benzene rings is 1. The molecular formula is C10H10N2O2. The molecule has 14 heavy (non-hydrogen) atoms. The van der Waals surface area contributed by atoms with E-state index in [1.54, 1.807) is 0 Å². The van der Waals surface area contributed by atoms with E-state index < -0.39 is 0 Å². The van der Waals surface area contributed by atoms with Crippen LogP contribution in [0, 0.1) is 0 Å². The molecule has 72 valence electrons. The number of nitrogens with one attached hydrogen (secondary N) is 1. The molecule has 1 amide bonds. The third-order valence-electron chi connectivity index (χ3n) is 1.94. The van der Waals surface area contributed by atoms with Gasteiger partial charge in [-0.1, -0.05) is 12.1 Å². The molecule has 2 aromatic rings. The molecule has 0 spiro atoms. The van der Waals surface area contributed by atoms with E-state index in [0.29, 0.717) is 5.69 Å². The maximum absolute atomic E-state index is 11.0. The molecule has 0 saturated carbocycles. The normalized spacial score (nSPS) is 10.4. The zero-order valence-electron chi connectivity index (χ0n) is 7.49. The van der Waals surface area contributed by atoms with Gasteiger partial charge >= 0.3 is 0 Å². The average Bonchev–Trinajstić information content (AvgIpc) is 2.62. The summed E-state index contributed by atoms with van der Waals surface area (Å²) < 4.78 is 5.24. The first-order valence-corrected chi connectivity index (χ1v) is 4.27. The zero-order valence-corrected chi connectivity index (χ0v) is 7.49. The molecule has 0 atom stereocenters. The molecule has 4 heteroatoms.